The van der Waals surface area contributed by atoms with Crippen LogP contribution in [0.4, 0.5) is 0 Å². The Morgan fingerprint density at radius 1 is 0.569 bits per heavy atom. The van der Waals surface area contributed by atoms with Gasteiger partial charge >= 0.3 is 332 Å². The van der Waals surface area contributed by atoms with E-state index in [0.717, 1.165) is 34.1 Å². The zero-order chi connectivity index (χ0) is 41.0. The van der Waals surface area contributed by atoms with Crippen LogP contribution >= 0.6 is 42.3 Å². The number of fused-ring (bicyclic) bond motifs is 2. The number of hydrogen-bond acceptors (Lipinski definition) is 4. The molecule has 0 aromatic heterocycles. The molecule has 2 aliphatic carbocycles. The second kappa shape index (κ2) is 16.3. The molecule has 2 nitrogen and oxygen atoms in total. The predicted octanol–water partition coefficient (Wildman–Crippen LogP) is 14.4. The standard InChI is InChI=1S/2C24H21OS.C2H7Si.2ClH.Zr/c2*1-16-12-19-4-3-5-22(23(19)13-16)18-8-6-17(7-9-18)14-20-10-11-21(25-2)15-24(20)26;1-3-2;;;/h2*3-13,15,26H,14H2,1-2H3;3H,1-2H3;2*1H;/q;;;;;+2/p-2. The molecule has 2 atom stereocenters. The molecule has 0 heterocycles. The van der Waals surface area contributed by atoms with E-state index in [0.29, 0.717) is 0 Å². The maximum atomic E-state index is 8.57. The Balaban J connectivity index is 1.11. The van der Waals surface area contributed by atoms with Crippen LogP contribution in [0.5, 0.6) is 11.5 Å². The van der Waals surface area contributed by atoms with E-state index in [1.54, 1.807) is 14.2 Å². The molecule has 0 bridgehead atoms. The molecule has 0 saturated heterocycles. The Morgan fingerprint density at radius 3 is 1.31 bits per heavy atom. The third-order valence-electron chi connectivity index (χ3n) is 12.7. The van der Waals surface area contributed by atoms with Crippen molar-refractivity contribution in [3.63, 3.8) is 0 Å². The summed E-state index contributed by atoms with van der Waals surface area (Å²) in [6, 6.07) is 43.6. The molecular weight excluding hydrogens is 887 g/mol. The minimum absolute atomic E-state index is 0.0338. The van der Waals surface area contributed by atoms with Gasteiger partial charge in [-0.2, -0.15) is 0 Å². The maximum absolute atomic E-state index is 8.57. The quantitative estimate of drug-likeness (QED) is 0.0996. The van der Waals surface area contributed by atoms with Crippen molar-refractivity contribution in [1.82, 2.24) is 0 Å². The molecule has 0 spiro atoms. The predicted molar refractivity (Wildman–Crippen MR) is 253 cm³/mol. The van der Waals surface area contributed by atoms with Crippen LogP contribution < -0.4 is 9.47 Å². The van der Waals surface area contributed by atoms with E-state index in [9.17, 15) is 0 Å². The molecule has 58 heavy (non-hydrogen) atoms. The van der Waals surface area contributed by atoms with E-state index < -0.39 is 21.5 Å². The van der Waals surface area contributed by atoms with Gasteiger partial charge in [0, 0.05) is 0 Å². The van der Waals surface area contributed by atoms with Crippen molar-refractivity contribution in [2.24, 2.45) is 0 Å². The average molecular weight is 936 g/mol. The molecule has 0 N–H and O–H groups in total. The SMILES string of the molecule is COc1ccc(Cc2ccc(-c3cccc4c3C=C(C)[CH]4[Zr]([Cl])([Cl])([CH]3C(C)=Cc4c(-c5ccc(Cc6ccc(OC)cc6S)cc5)cccc43)[SiH](C)C)cc2)c(S)c1. The average Bonchev–Trinajstić information content (AvgIpc) is 3.76. The number of ether oxygens (including phenoxy) is 2. The van der Waals surface area contributed by atoms with Crippen molar-refractivity contribution in [3.05, 3.63) is 177 Å². The fourth-order valence-corrected chi connectivity index (χ4v) is 43.1. The van der Waals surface area contributed by atoms with E-state index in [1.807, 2.05) is 24.3 Å². The summed E-state index contributed by atoms with van der Waals surface area (Å²) in [5.74, 6) is -0.0325. The fraction of sp³-hybridized carbons (Fsp3) is 0.200. The Hall–Kier alpha value is -3.22. The first-order valence-corrected chi connectivity index (χ1v) is 37.1. The molecule has 6 aromatic carbocycles. The van der Waals surface area contributed by atoms with Gasteiger partial charge in [0.2, 0.25) is 0 Å². The molecule has 0 amide bonds. The van der Waals surface area contributed by atoms with Crippen LogP contribution in [-0.4, -0.2) is 20.1 Å². The van der Waals surface area contributed by atoms with Crippen LogP contribution in [0, 0.1) is 0 Å². The molecule has 0 fully saturated rings. The summed E-state index contributed by atoms with van der Waals surface area (Å²) in [5.41, 5.74) is 17.4. The van der Waals surface area contributed by atoms with Crippen molar-refractivity contribution in [2.45, 2.75) is 56.8 Å². The molecular formula is C50H49Cl2O2S2SiZr. The van der Waals surface area contributed by atoms with Crippen LogP contribution in [-0.2, 0) is 28.4 Å². The molecule has 8 rings (SSSR count). The number of methoxy groups -OCH3 is 2. The van der Waals surface area contributed by atoms with Gasteiger partial charge in [-0.25, -0.2) is 0 Å². The molecule has 2 aliphatic rings. The molecule has 0 aliphatic heterocycles. The van der Waals surface area contributed by atoms with Gasteiger partial charge in [0.25, 0.3) is 0 Å². The van der Waals surface area contributed by atoms with Crippen molar-refractivity contribution in [1.29, 1.82) is 0 Å². The molecule has 0 saturated carbocycles. The van der Waals surface area contributed by atoms with Crippen molar-refractivity contribution in [2.75, 3.05) is 14.2 Å². The number of rotatable bonds is 11. The number of allylic oxidation sites excluding steroid dienone is 2. The van der Waals surface area contributed by atoms with Gasteiger partial charge < -0.3 is 9.47 Å². The fourth-order valence-electron chi connectivity index (χ4n) is 9.59. The molecule has 2 unspecified atom stereocenters. The molecule has 295 valence electrons. The topological polar surface area (TPSA) is 18.5 Å². The van der Waals surface area contributed by atoms with Gasteiger partial charge in [-0.3, -0.25) is 0 Å². The first-order valence-electron chi connectivity index (χ1n) is 19.9. The summed E-state index contributed by atoms with van der Waals surface area (Å²) in [4.78, 5) is 1.87. The number of hydrogen-bond donors (Lipinski definition) is 2. The minimum atomic E-state index is -4.84. The normalized spacial score (nSPS) is 16.6. The van der Waals surface area contributed by atoms with E-state index in [2.05, 4.69) is 136 Å². The van der Waals surface area contributed by atoms with Gasteiger partial charge in [0.15, 0.2) is 0 Å². The van der Waals surface area contributed by atoms with Crippen LogP contribution in [0.2, 0.25) is 13.1 Å². The summed E-state index contributed by atoms with van der Waals surface area (Å²) >= 11 is 4.61. The first-order chi connectivity index (χ1) is 27.8. The Labute approximate surface area is 363 Å². The third kappa shape index (κ3) is 7.35. The van der Waals surface area contributed by atoms with E-state index in [1.165, 1.54) is 77.9 Å². The number of benzene rings is 6. The van der Waals surface area contributed by atoms with Gasteiger partial charge in [-0.05, 0) is 0 Å². The third-order valence-corrected chi connectivity index (χ3v) is 65.8. The van der Waals surface area contributed by atoms with Crippen LogP contribution in [0.15, 0.2) is 142 Å². The molecule has 6 aromatic rings. The van der Waals surface area contributed by atoms with Gasteiger partial charge in [0.05, 0.1) is 14.2 Å². The second-order valence-electron chi connectivity index (χ2n) is 16.4. The Morgan fingerprint density at radius 2 is 0.966 bits per heavy atom. The number of halogens is 2. The summed E-state index contributed by atoms with van der Waals surface area (Å²) in [6.45, 7) is 9.35. The van der Waals surface area contributed by atoms with E-state index in [4.69, 9.17) is 51.8 Å². The van der Waals surface area contributed by atoms with Gasteiger partial charge in [-0.15, -0.1) is 0 Å². The summed E-state index contributed by atoms with van der Waals surface area (Å²) < 4.78 is 10.8. The number of thiol groups is 2. The zero-order valence-electron chi connectivity index (χ0n) is 33.8. The zero-order valence-corrected chi connectivity index (χ0v) is 40.7. The summed E-state index contributed by atoms with van der Waals surface area (Å²) in [7, 11) is 20.5. The monoisotopic (exact) mass is 933 g/mol. The van der Waals surface area contributed by atoms with E-state index in [-0.39, 0.29) is 7.25 Å². The van der Waals surface area contributed by atoms with Crippen LogP contribution in [0.25, 0.3) is 34.4 Å². The Kier molecular flexibility index (Phi) is 11.7. The van der Waals surface area contributed by atoms with Gasteiger partial charge in [-0.1, -0.05) is 0 Å². The summed E-state index contributed by atoms with van der Waals surface area (Å²) in [6.07, 6.45) is 6.38. The van der Waals surface area contributed by atoms with Crippen LogP contribution in [0.3, 0.4) is 0 Å². The van der Waals surface area contributed by atoms with E-state index >= 15 is 0 Å². The molecule has 8 heteroatoms. The van der Waals surface area contributed by atoms with Crippen LogP contribution in [0.1, 0.15) is 65.6 Å². The van der Waals surface area contributed by atoms with Crippen molar-refractivity contribution < 1.29 is 25.0 Å². The summed E-state index contributed by atoms with van der Waals surface area (Å²) in [5, 5.41) is 0. The van der Waals surface area contributed by atoms with Crippen molar-refractivity contribution >= 4 is 60.4 Å². The molecule has 0 radical (unpaired) electrons. The van der Waals surface area contributed by atoms with Gasteiger partial charge in [0.1, 0.15) is 11.5 Å². The second-order valence-corrected chi connectivity index (χ2v) is 59.8. The first kappa shape index (κ1) is 41.5. The Bertz CT molecular complexity index is 2440. The van der Waals surface area contributed by atoms with Crippen molar-refractivity contribution in [3.8, 4) is 33.8 Å².